The zero-order chi connectivity index (χ0) is 15.4. The second-order valence-corrected chi connectivity index (χ2v) is 6.71. The van der Waals surface area contributed by atoms with Crippen molar-refractivity contribution < 1.29 is 9.90 Å². The molecule has 0 unspecified atom stereocenters. The fraction of sp³-hybridized carbons (Fsp3) is 0.556. The molecule has 0 aliphatic heterocycles. The van der Waals surface area contributed by atoms with Crippen LogP contribution in [0.3, 0.4) is 0 Å². The topological polar surface area (TPSA) is 61.1 Å². The van der Waals surface area contributed by atoms with Crippen LogP contribution in [0.4, 0.5) is 0 Å². The van der Waals surface area contributed by atoms with E-state index in [9.17, 15) is 9.90 Å². The van der Waals surface area contributed by atoms with Crippen LogP contribution in [0.2, 0.25) is 0 Å². The van der Waals surface area contributed by atoms with Crippen LogP contribution < -0.4 is 0 Å². The smallest absolute Gasteiger partial charge is 0.195 e. The van der Waals surface area contributed by atoms with E-state index >= 15 is 0 Å². The molecule has 3 rings (SSSR count). The standard InChI is InChI=1S/C18H21NO2/c1-11-10-14-15(13(11)6-4-5-9-19)12(2)18(7-8-18)17(3,21)16(14)20/h10,21H,4-8H2,1-3H3/t17-/m0/s1. The Labute approximate surface area is 125 Å². The molecule has 0 aromatic heterocycles. The predicted molar refractivity (Wildman–Crippen MR) is 80.2 cm³/mol. The Morgan fingerprint density at radius 1 is 1.38 bits per heavy atom. The zero-order valence-corrected chi connectivity index (χ0v) is 12.9. The molecule has 1 saturated carbocycles. The van der Waals surface area contributed by atoms with Gasteiger partial charge in [0.25, 0.3) is 0 Å². The van der Waals surface area contributed by atoms with Crippen molar-refractivity contribution in [1.82, 2.24) is 0 Å². The first kappa shape index (κ1) is 14.3. The molecule has 110 valence electrons. The third kappa shape index (κ3) is 1.72. The lowest BCUT2D eigenvalue weighted by Gasteiger charge is -2.39. The van der Waals surface area contributed by atoms with E-state index in [4.69, 9.17) is 5.26 Å². The minimum Gasteiger partial charge on any atom is -0.381 e. The SMILES string of the molecule is CC1=C(CCCC#N)C2=C(C)C3(CC3)[C@@](C)(O)C(=O)C2=C1. The highest BCUT2D eigenvalue weighted by Gasteiger charge is 2.64. The van der Waals surface area contributed by atoms with E-state index in [1.807, 2.05) is 13.0 Å². The summed E-state index contributed by atoms with van der Waals surface area (Å²) in [6.07, 6.45) is 5.88. The first-order valence-corrected chi connectivity index (χ1v) is 7.64. The number of hydrogen-bond acceptors (Lipinski definition) is 3. The Morgan fingerprint density at radius 3 is 2.62 bits per heavy atom. The van der Waals surface area contributed by atoms with E-state index < -0.39 is 5.60 Å². The largest absolute Gasteiger partial charge is 0.381 e. The molecule has 3 nitrogen and oxygen atoms in total. The molecule has 0 radical (unpaired) electrons. The maximum atomic E-state index is 12.7. The third-order valence-corrected chi connectivity index (χ3v) is 5.58. The number of hydrogen-bond donors (Lipinski definition) is 1. The van der Waals surface area contributed by atoms with Crippen LogP contribution in [0.15, 0.2) is 33.9 Å². The Hall–Kier alpha value is -1.66. The Kier molecular flexibility index (Phi) is 3.00. The monoisotopic (exact) mass is 283 g/mol. The molecule has 1 fully saturated rings. The molecule has 1 atom stereocenters. The van der Waals surface area contributed by atoms with Crippen molar-refractivity contribution in [2.24, 2.45) is 5.41 Å². The normalized spacial score (nSPS) is 29.7. The lowest BCUT2D eigenvalue weighted by Crippen LogP contribution is -2.49. The van der Waals surface area contributed by atoms with Crippen molar-refractivity contribution in [3.8, 4) is 6.07 Å². The summed E-state index contributed by atoms with van der Waals surface area (Å²) < 4.78 is 0. The van der Waals surface area contributed by atoms with E-state index in [2.05, 4.69) is 13.0 Å². The van der Waals surface area contributed by atoms with Gasteiger partial charge in [-0.25, -0.2) is 0 Å². The number of ketones is 1. The van der Waals surface area contributed by atoms with Gasteiger partial charge in [0.15, 0.2) is 5.78 Å². The number of nitriles is 1. The van der Waals surface area contributed by atoms with Crippen molar-refractivity contribution in [2.75, 3.05) is 0 Å². The molecule has 0 aromatic rings. The minimum absolute atomic E-state index is 0.129. The molecule has 3 heteroatoms. The third-order valence-electron chi connectivity index (χ3n) is 5.58. The van der Waals surface area contributed by atoms with Crippen LogP contribution in [0.5, 0.6) is 0 Å². The van der Waals surface area contributed by atoms with E-state index in [1.165, 1.54) is 11.1 Å². The number of allylic oxidation sites excluding steroid dienone is 4. The Morgan fingerprint density at radius 2 is 2.05 bits per heavy atom. The van der Waals surface area contributed by atoms with Crippen molar-refractivity contribution in [3.63, 3.8) is 0 Å². The lowest BCUT2D eigenvalue weighted by molar-refractivity contribution is -0.137. The van der Waals surface area contributed by atoms with Gasteiger partial charge in [0.05, 0.1) is 6.07 Å². The van der Waals surface area contributed by atoms with E-state index in [0.29, 0.717) is 12.0 Å². The van der Waals surface area contributed by atoms with Crippen LogP contribution in [0.1, 0.15) is 52.9 Å². The van der Waals surface area contributed by atoms with Crippen LogP contribution in [0, 0.1) is 16.7 Å². The molecule has 3 aliphatic rings. The van der Waals surface area contributed by atoms with Gasteiger partial charge in [0, 0.05) is 17.4 Å². The molecule has 0 bridgehead atoms. The number of nitrogens with zero attached hydrogens (tertiary/aromatic N) is 1. The molecular weight excluding hydrogens is 262 g/mol. The summed E-state index contributed by atoms with van der Waals surface area (Å²) in [6, 6.07) is 2.18. The second kappa shape index (κ2) is 4.42. The fourth-order valence-electron chi connectivity index (χ4n) is 4.08. The number of rotatable bonds is 3. The molecular formula is C18H21NO2. The highest BCUT2D eigenvalue weighted by atomic mass is 16.3. The van der Waals surface area contributed by atoms with Crippen LogP contribution in [-0.2, 0) is 4.79 Å². The van der Waals surface area contributed by atoms with Crippen molar-refractivity contribution in [1.29, 1.82) is 5.26 Å². The predicted octanol–water partition coefficient (Wildman–Crippen LogP) is 3.37. The van der Waals surface area contributed by atoms with Crippen LogP contribution in [-0.4, -0.2) is 16.5 Å². The van der Waals surface area contributed by atoms with Gasteiger partial charge in [0.2, 0.25) is 0 Å². The Bertz CT molecular complexity index is 664. The molecule has 0 aromatic carbocycles. The van der Waals surface area contributed by atoms with Gasteiger partial charge >= 0.3 is 0 Å². The number of carbonyl (C=O) groups is 1. The van der Waals surface area contributed by atoms with Crippen molar-refractivity contribution in [2.45, 2.75) is 58.5 Å². The van der Waals surface area contributed by atoms with Gasteiger partial charge in [0.1, 0.15) is 5.60 Å². The Balaban J connectivity index is 2.06. The quantitative estimate of drug-likeness (QED) is 0.808. The summed E-state index contributed by atoms with van der Waals surface area (Å²) in [6.45, 7) is 5.77. The van der Waals surface area contributed by atoms with Crippen molar-refractivity contribution in [3.05, 3.63) is 33.9 Å². The molecule has 1 spiro atoms. The first-order valence-electron chi connectivity index (χ1n) is 7.64. The van der Waals surface area contributed by atoms with Gasteiger partial charge in [-0.15, -0.1) is 0 Å². The summed E-state index contributed by atoms with van der Waals surface area (Å²) in [5.74, 6) is -0.129. The highest BCUT2D eigenvalue weighted by molar-refractivity contribution is 6.10. The highest BCUT2D eigenvalue weighted by Crippen LogP contribution is 2.65. The van der Waals surface area contributed by atoms with E-state index in [0.717, 1.165) is 36.8 Å². The summed E-state index contributed by atoms with van der Waals surface area (Å²) in [7, 11) is 0. The fourth-order valence-corrected chi connectivity index (χ4v) is 4.08. The first-order chi connectivity index (χ1) is 9.87. The summed E-state index contributed by atoms with van der Waals surface area (Å²) in [5, 5.41) is 19.5. The van der Waals surface area contributed by atoms with Crippen LogP contribution >= 0.6 is 0 Å². The average molecular weight is 283 g/mol. The van der Waals surface area contributed by atoms with Crippen LogP contribution in [0.25, 0.3) is 0 Å². The maximum absolute atomic E-state index is 12.7. The molecule has 0 saturated heterocycles. The van der Waals surface area contributed by atoms with Crippen molar-refractivity contribution >= 4 is 5.78 Å². The number of Topliss-reactive ketones (excluding diaryl/α,β-unsaturated/α-hetero) is 1. The lowest BCUT2D eigenvalue weighted by atomic mass is 9.67. The molecule has 0 amide bonds. The molecule has 3 aliphatic carbocycles. The minimum atomic E-state index is -1.27. The van der Waals surface area contributed by atoms with E-state index in [1.54, 1.807) is 6.92 Å². The average Bonchev–Trinajstić information content (AvgIpc) is 3.18. The molecule has 21 heavy (non-hydrogen) atoms. The number of aliphatic hydroxyl groups is 1. The van der Waals surface area contributed by atoms with Gasteiger partial charge in [-0.3, -0.25) is 4.79 Å². The summed E-state index contributed by atoms with van der Waals surface area (Å²) in [4.78, 5) is 12.7. The zero-order valence-electron chi connectivity index (χ0n) is 12.9. The van der Waals surface area contributed by atoms with Gasteiger partial charge in [-0.05, 0) is 69.2 Å². The van der Waals surface area contributed by atoms with Gasteiger partial charge in [-0.2, -0.15) is 5.26 Å². The van der Waals surface area contributed by atoms with E-state index in [-0.39, 0.29) is 11.2 Å². The van der Waals surface area contributed by atoms with Gasteiger partial charge in [-0.1, -0.05) is 5.57 Å². The van der Waals surface area contributed by atoms with Gasteiger partial charge < -0.3 is 5.11 Å². The summed E-state index contributed by atoms with van der Waals surface area (Å²) >= 11 is 0. The number of fused-ring (bicyclic) bond motifs is 1. The molecule has 0 heterocycles. The second-order valence-electron chi connectivity index (χ2n) is 6.71. The molecule has 1 N–H and O–H groups in total. The maximum Gasteiger partial charge on any atom is 0.195 e. The number of carbonyl (C=O) groups excluding carboxylic acids is 1. The number of unbranched alkanes of at least 4 members (excludes halogenated alkanes) is 1. The summed E-state index contributed by atoms with van der Waals surface area (Å²) in [5.41, 5.74) is 3.62.